The van der Waals surface area contributed by atoms with Gasteiger partial charge in [0.15, 0.2) is 23.3 Å². The first-order valence-electron chi connectivity index (χ1n) is 4.44. The van der Waals surface area contributed by atoms with E-state index >= 15 is 0 Å². The van der Waals surface area contributed by atoms with Crippen LogP contribution in [0.1, 0.15) is 10.4 Å². The zero-order chi connectivity index (χ0) is 13.9. The third-order valence-corrected chi connectivity index (χ3v) is 1.95. The van der Waals surface area contributed by atoms with Gasteiger partial charge in [0.2, 0.25) is 5.78 Å². The molecule has 0 aliphatic carbocycles. The average molecular weight is 259 g/mol. The molecule has 0 aliphatic heterocycles. The number of rotatable bonds is 3. The molecule has 0 amide bonds. The van der Waals surface area contributed by atoms with Gasteiger partial charge in [-0.25, -0.2) is 17.6 Å². The molecule has 1 aromatic rings. The molecule has 18 heavy (non-hydrogen) atoms. The minimum atomic E-state index is -2.12. The van der Waals surface area contributed by atoms with E-state index in [4.69, 9.17) is 5.26 Å². The molecule has 0 N–H and O–H groups in total. The second kappa shape index (κ2) is 5.31. The molecule has 0 aromatic heterocycles. The third-order valence-electron chi connectivity index (χ3n) is 1.95. The van der Waals surface area contributed by atoms with E-state index in [1.807, 2.05) is 0 Å². The number of Topliss-reactive ketones (excluding diaryl/α,β-unsaturated/α-hetero) is 1. The van der Waals surface area contributed by atoms with Crippen molar-refractivity contribution in [3.63, 3.8) is 0 Å². The molecule has 0 radical (unpaired) electrons. The summed E-state index contributed by atoms with van der Waals surface area (Å²) in [6, 6.07) is 1.54. The summed E-state index contributed by atoms with van der Waals surface area (Å²) < 4.78 is 56.0. The van der Waals surface area contributed by atoms with E-state index in [9.17, 15) is 22.4 Å². The Morgan fingerprint density at radius 2 is 1.89 bits per heavy atom. The average Bonchev–Trinajstić information content (AvgIpc) is 2.37. The van der Waals surface area contributed by atoms with E-state index in [0.717, 1.165) is 7.11 Å². The normalized spacial score (nSPS) is 11.0. The third kappa shape index (κ3) is 2.32. The van der Waals surface area contributed by atoms with Gasteiger partial charge in [-0.1, -0.05) is 0 Å². The van der Waals surface area contributed by atoms with Crippen molar-refractivity contribution in [3.05, 3.63) is 46.7 Å². The Morgan fingerprint density at radius 3 is 2.39 bits per heavy atom. The molecule has 0 heterocycles. The van der Waals surface area contributed by atoms with Crippen molar-refractivity contribution >= 4 is 5.78 Å². The van der Waals surface area contributed by atoms with Gasteiger partial charge in [-0.3, -0.25) is 4.79 Å². The monoisotopic (exact) mass is 259 g/mol. The maximum absolute atomic E-state index is 13.2. The molecular weight excluding hydrogens is 254 g/mol. The standard InChI is InChI=1S/C11H5F4NO2/c1-18-4-5(3-16)11(17)6-2-7(12)9(14)10(15)8(6)13/h2,4H,1H3/b5-4+. The zero-order valence-corrected chi connectivity index (χ0v) is 8.93. The number of halogens is 4. The number of carbonyl (C=O) groups is 1. The van der Waals surface area contributed by atoms with Crippen LogP contribution in [0.4, 0.5) is 17.6 Å². The van der Waals surface area contributed by atoms with Gasteiger partial charge in [-0.2, -0.15) is 5.26 Å². The minimum Gasteiger partial charge on any atom is -0.503 e. The van der Waals surface area contributed by atoms with Crippen LogP contribution in [0.5, 0.6) is 0 Å². The minimum absolute atomic E-state index is 0.177. The maximum Gasteiger partial charge on any atom is 0.209 e. The SMILES string of the molecule is CO/C=C(\C#N)C(=O)c1cc(F)c(F)c(F)c1F. The first-order valence-corrected chi connectivity index (χ1v) is 4.44. The summed E-state index contributed by atoms with van der Waals surface area (Å²) in [5, 5.41) is 8.57. The van der Waals surface area contributed by atoms with Gasteiger partial charge in [0.25, 0.3) is 0 Å². The van der Waals surface area contributed by atoms with Crippen LogP contribution in [0.15, 0.2) is 17.9 Å². The Kier molecular flexibility index (Phi) is 4.05. The van der Waals surface area contributed by atoms with Crippen LogP contribution in [0.2, 0.25) is 0 Å². The van der Waals surface area contributed by atoms with Crippen molar-refractivity contribution in [2.75, 3.05) is 7.11 Å². The molecule has 0 aliphatic rings. The zero-order valence-electron chi connectivity index (χ0n) is 8.93. The first kappa shape index (κ1) is 13.7. The van der Waals surface area contributed by atoms with Crippen molar-refractivity contribution in [1.29, 1.82) is 5.26 Å². The van der Waals surface area contributed by atoms with Crippen LogP contribution in [0.25, 0.3) is 0 Å². The Morgan fingerprint density at radius 1 is 1.28 bits per heavy atom. The van der Waals surface area contributed by atoms with Gasteiger partial charge in [-0.15, -0.1) is 0 Å². The molecule has 0 fully saturated rings. The highest BCUT2D eigenvalue weighted by atomic mass is 19.2. The number of methoxy groups -OCH3 is 1. The smallest absolute Gasteiger partial charge is 0.209 e. The number of nitriles is 1. The topological polar surface area (TPSA) is 50.1 Å². The first-order chi connectivity index (χ1) is 8.43. The van der Waals surface area contributed by atoms with E-state index in [1.165, 1.54) is 6.07 Å². The van der Waals surface area contributed by atoms with E-state index in [2.05, 4.69) is 4.74 Å². The molecule has 3 nitrogen and oxygen atoms in total. The van der Waals surface area contributed by atoms with Gasteiger partial charge in [0.1, 0.15) is 17.9 Å². The summed E-state index contributed by atoms with van der Waals surface area (Å²) in [5.41, 5.74) is -1.77. The van der Waals surface area contributed by atoms with Gasteiger partial charge < -0.3 is 4.74 Å². The van der Waals surface area contributed by atoms with Crippen LogP contribution in [0.3, 0.4) is 0 Å². The van der Waals surface area contributed by atoms with Crippen LogP contribution in [-0.2, 0) is 4.74 Å². The fourth-order valence-corrected chi connectivity index (χ4v) is 1.13. The summed E-state index contributed by atoms with van der Waals surface area (Å²) in [6.07, 6.45) is 0.681. The second-order valence-electron chi connectivity index (χ2n) is 3.06. The lowest BCUT2D eigenvalue weighted by Crippen LogP contribution is -2.10. The molecule has 1 rings (SSSR count). The summed E-state index contributed by atoms with van der Waals surface area (Å²) in [4.78, 5) is 11.5. The van der Waals surface area contributed by atoms with Gasteiger partial charge in [0, 0.05) is 0 Å². The Balaban J connectivity index is 3.40. The molecule has 1 aromatic carbocycles. The van der Waals surface area contributed by atoms with E-state index in [1.54, 1.807) is 0 Å². The number of hydrogen-bond acceptors (Lipinski definition) is 3. The Bertz CT molecular complexity index is 575. The fourth-order valence-electron chi connectivity index (χ4n) is 1.13. The van der Waals surface area contributed by atoms with Crippen LogP contribution in [0, 0.1) is 34.6 Å². The number of hydrogen-bond donors (Lipinski definition) is 0. The predicted molar refractivity (Wildman–Crippen MR) is 51.3 cm³/mol. The van der Waals surface area contributed by atoms with Crippen LogP contribution in [-0.4, -0.2) is 12.9 Å². The Hall–Kier alpha value is -2.36. The van der Waals surface area contributed by atoms with E-state index in [0.29, 0.717) is 6.26 Å². The molecule has 0 unspecified atom stereocenters. The largest absolute Gasteiger partial charge is 0.503 e. The highest BCUT2D eigenvalue weighted by Gasteiger charge is 2.25. The van der Waals surface area contributed by atoms with Crippen molar-refractivity contribution in [1.82, 2.24) is 0 Å². The van der Waals surface area contributed by atoms with Crippen molar-refractivity contribution in [3.8, 4) is 6.07 Å². The van der Waals surface area contributed by atoms with E-state index in [-0.39, 0.29) is 6.07 Å². The van der Waals surface area contributed by atoms with Crippen LogP contribution < -0.4 is 0 Å². The lowest BCUT2D eigenvalue weighted by Gasteiger charge is -2.04. The highest BCUT2D eigenvalue weighted by Crippen LogP contribution is 2.21. The van der Waals surface area contributed by atoms with Crippen molar-refractivity contribution in [2.45, 2.75) is 0 Å². The molecule has 0 saturated heterocycles. The molecule has 0 bridgehead atoms. The second-order valence-corrected chi connectivity index (χ2v) is 3.06. The van der Waals surface area contributed by atoms with Crippen molar-refractivity contribution in [2.24, 2.45) is 0 Å². The fraction of sp³-hybridized carbons (Fsp3) is 0.0909. The number of carbonyl (C=O) groups excluding carboxylic acids is 1. The molecule has 94 valence electrons. The molecule has 7 heteroatoms. The number of allylic oxidation sites excluding steroid dienone is 1. The lowest BCUT2D eigenvalue weighted by molar-refractivity contribution is 0.102. The molecule has 0 atom stereocenters. The molecular formula is C11H5F4NO2. The number of nitrogens with zero attached hydrogens (tertiary/aromatic N) is 1. The maximum atomic E-state index is 13.2. The van der Waals surface area contributed by atoms with Gasteiger partial charge >= 0.3 is 0 Å². The number of ketones is 1. The quantitative estimate of drug-likeness (QED) is 0.159. The van der Waals surface area contributed by atoms with E-state index < -0.39 is 40.2 Å². The predicted octanol–water partition coefficient (Wildman–Crippen LogP) is 2.48. The Labute approximate surface area is 98.9 Å². The van der Waals surface area contributed by atoms with Gasteiger partial charge in [0.05, 0.1) is 12.7 Å². The molecule has 0 spiro atoms. The van der Waals surface area contributed by atoms with Crippen molar-refractivity contribution < 1.29 is 27.1 Å². The molecule has 0 saturated carbocycles. The summed E-state index contributed by atoms with van der Waals surface area (Å²) in [6.45, 7) is 0. The van der Waals surface area contributed by atoms with Gasteiger partial charge in [-0.05, 0) is 6.07 Å². The summed E-state index contributed by atoms with van der Waals surface area (Å²) >= 11 is 0. The highest BCUT2D eigenvalue weighted by molar-refractivity contribution is 6.11. The number of ether oxygens (including phenoxy) is 1. The van der Waals surface area contributed by atoms with Crippen LogP contribution >= 0.6 is 0 Å². The lowest BCUT2D eigenvalue weighted by atomic mass is 10.0. The summed E-state index contributed by atoms with van der Waals surface area (Å²) in [7, 11) is 1.12. The number of benzene rings is 1. The summed E-state index contributed by atoms with van der Waals surface area (Å²) in [5.74, 6) is -9.05.